The Labute approximate surface area is 211 Å². The van der Waals surface area contributed by atoms with Crippen molar-refractivity contribution in [2.45, 2.75) is 6.92 Å². The first-order chi connectivity index (χ1) is 16.1. The summed E-state index contributed by atoms with van der Waals surface area (Å²) in [6, 6.07) is 9.93. The van der Waals surface area contributed by atoms with E-state index in [0.717, 1.165) is 25.9 Å². The average Bonchev–Trinajstić information content (AvgIpc) is 2.76. The number of hydrogen-bond acceptors (Lipinski definition) is 6. The fourth-order valence-corrected chi connectivity index (χ4v) is 4.09. The number of anilines is 2. The number of benzene rings is 2. The van der Waals surface area contributed by atoms with E-state index >= 15 is 0 Å². The Balaban J connectivity index is 1.71. The second kappa shape index (κ2) is 9.09. The highest BCUT2D eigenvalue weighted by molar-refractivity contribution is 9.10. The van der Waals surface area contributed by atoms with Crippen LogP contribution in [0.2, 0.25) is 5.02 Å². The number of nitrogens with one attached hydrogen (secondary N) is 2. The Kier molecular flexibility index (Phi) is 6.34. The number of aryl methyl sites for hydroxylation is 1. The lowest BCUT2D eigenvalue weighted by Crippen LogP contribution is -2.58. The van der Waals surface area contributed by atoms with Crippen molar-refractivity contribution in [2.75, 3.05) is 9.80 Å². The van der Waals surface area contributed by atoms with Crippen LogP contribution in [-0.4, -0.2) is 34.8 Å². The van der Waals surface area contributed by atoms with Crippen molar-refractivity contribution in [1.29, 1.82) is 0 Å². The molecule has 0 spiro atoms. The first kappa shape index (κ1) is 23.7. The predicted octanol–water partition coefficient (Wildman–Crippen LogP) is 2.98. The molecule has 0 saturated carbocycles. The fourth-order valence-electron chi connectivity index (χ4n) is 3.42. The van der Waals surface area contributed by atoms with E-state index < -0.39 is 41.2 Å². The lowest BCUT2D eigenvalue weighted by Gasteiger charge is -2.32. The van der Waals surface area contributed by atoms with Crippen LogP contribution in [0.25, 0.3) is 0 Å². The summed E-state index contributed by atoms with van der Waals surface area (Å²) >= 11 is 14.4. The maximum absolute atomic E-state index is 13.2. The second-order valence-electron chi connectivity index (χ2n) is 7.34. The number of halogens is 2. The van der Waals surface area contributed by atoms with Gasteiger partial charge in [-0.1, -0.05) is 27.5 Å². The van der Waals surface area contributed by atoms with Crippen LogP contribution in [-0.2, 0) is 19.2 Å². The molecule has 2 aromatic carbocycles. The molecule has 2 heterocycles. The molecule has 9 nitrogen and oxygen atoms in total. The quantitative estimate of drug-likeness (QED) is 0.258. The number of carbonyl (C=O) groups excluding carboxylic acids is 5. The molecule has 34 heavy (non-hydrogen) atoms. The Morgan fingerprint density at radius 2 is 1.62 bits per heavy atom. The summed E-state index contributed by atoms with van der Waals surface area (Å²) in [5.74, 6) is -5.12. The molecule has 0 aliphatic carbocycles. The largest absolute Gasteiger partial charge is 0.335 e. The summed E-state index contributed by atoms with van der Waals surface area (Å²) in [7, 11) is 0. The summed E-state index contributed by atoms with van der Waals surface area (Å²) in [5.41, 5.74) is 0.765. The van der Waals surface area contributed by atoms with E-state index in [4.69, 9.17) is 23.8 Å². The average molecular weight is 562 g/mol. The van der Waals surface area contributed by atoms with E-state index in [2.05, 4.69) is 26.6 Å². The summed E-state index contributed by atoms with van der Waals surface area (Å²) in [5, 5.41) is 4.74. The smallest absolute Gasteiger partial charge is 0.301 e. The first-order valence-electron chi connectivity index (χ1n) is 9.70. The standard InChI is InChI=1S/C22H14BrClN4O5S/c1-10-8-13(6-7-16(10)23)27-19(31)14(17(29)25-21(27)33)9-15-18(30)26-22(34)28(20(15)32)12-4-2-11(24)3-5-12/h2-9,15H,1H3,(H,25,29,33)(H,26,30,34)/b14-9+/t15-/m0/s1. The number of barbiturate groups is 1. The van der Waals surface area contributed by atoms with Crippen molar-refractivity contribution in [3.63, 3.8) is 0 Å². The minimum absolute atomic E-state index is 0.159. The molecule has 2 N–H and O–H groups in total. The van der Waals surface area contributed by atoms with Crippen LogP contribution in [0.5, 0.6) is 0 Å². The molecule has 12 heteroatoms. The van der Waals surface area contributed by atoms with E-state index in [1.54, 1.807) is 31.2 Å². The number of nitrogens with zero attached hydrogens (tertiary/aromatic N) is 2. The van der Waals surface area contributed by atoms with Gasteiger partial charge in [-0.3, -0.25) is 29.4 Å². The van der Waals surface area contributed by atoms with Crippen LogP contribution in [0.15, 0.2) is 58.6 Å². The second-order valence-corrected chi connectivity index (χ2v) is 9.01. The minimum Gasteiger partial charge on any atom is -0.301 e. The number of rotatable bonds is 3. The number of hydrogen-bond donors (Lipinski definition) is 2. The van der Waals surface area contributed by atoms with Gasteiger partial charge in [-0.05, 0) is 73.2 Å². The lowest BCUT2D eigenvalue weighted by atomic mass is 9.98. The molecule has 1 atom stereocenters. The first-order valence-corrected chi connectivity index (χ1v) is 11.3. The number of thiocarbonyl (C=S) groups is 1. The SMILES string of the molecule is Cc1cc(N2C(=O)NC(=O)/C(=C\[C@H]3C(=O)NC(=S)N(c4ccc(Cl)cc4)C3=O)C2=O)ccc1Br. The van der Waals surface area contributed by atoms with Crippen molar-refractivity contribution in [3.8, 4) is 0 Å². The zero-order chi connectivity index (χ0) is 24.7. The van der Waals surface area contributed by atoms with Crippen LogP contribution >= 0.6 is 39.7 Å². The molecule has 4 rings (SSSR count). The third kappa shape index (κ3) is 4.25. The van der Waals surface area contributed by atoms with E-state index in [-0.39, 0.29) is 10.8 Å². The highest BCUT2D eigenvalue weighted by atomic mass is 79.9. The third-order valence-electron chi connectivity index (χ3n) is 5.12. The molecule has 0 unspecified atom stereocenters. The summed E-state index contributed by atoms with van der Waals surface area (Å²) in [6.45, 7) is 1.76. The maximum atomic E-state index is 13.2. The molecule has 2 aliphatic heterocycles. The van der Waals surface area contributed by atoms with Gasteiger partial charge in [-0.25, -0.2) is 9.69 Å². The number of imide groups is 2. The van der Waals surface area contributed by atoms with Crippen LogP contribution in [0, 0.1) is 12.8 Å². The minimum atomic E-state index is -1.55. The Morgan fingerprint density at radius 3 is 2.26 bits per heavy atom. The van der Waals surface area contributed by atoms with Gasteiger partial charge in [0.05, 0.1) is 11.4 Å². The molecule has 0 aromatic heterocycles. The van der Waals surface area contributed by atoms with Gasteiger partial charge in [-0.2, -0.15) is 0 Å². The zero-order valence-electron chi connectivity index (χ0n) is 17.3. The molecular formula is C22H14BrClN4O5S. The Hall–Kier alpha value is -3.41. The summed E-state index contributed by atoms with van der Waals surface area (Å²) < 4.78 is 0.760. The van der Waals surface area contributed by atoms with Gasteiger partial charge in [0.1, 0.15) is 11.5 Å². The Morgan fingerprint density at radius 1 is 0.971 bits per heavy atom. The molecule has 2 aliphatic rings. The number of amides is 6. The van der Waals surface area contributed by atoms with Crippen LogP contribution in [0.4, 0.5) is 16.2 Å². The molecule has 0 radical (unpaired) electrons. The van der Waals surface area contributed by atoms with Crippen molar-refractivity contribution >= 4 is 85.9 Å². The van der Waals surface area contributed by atoms with Gasteiger partial charge in [0.25, 0.3) is 11.8 Å². The van der Waals surface area contributed by atoms with Gasteiger partial charge in [0.2, 0.25) is 11.8 Å². The highest BCUT2D eigenvalue weighted by Gasteiger charge is 2.42. The van der Waals surface area contributed by atoms with E-state index in [1.165, 1.54) is 18.2 Å². The van der Waals surface area contributed by atoms with Gasteiger partial charge in [-0.15, -0.1) is 0 Å². The van der Waals surface area contributed by atoms with Gasteiger partial charge < -0.3 is 5.32 Å². The molecule has 0 bridgehead atoms. The molecule has 2 aromatic rings. The van der Waals surface area contributed by atoms with Crippen molar-refractivity contribution in [2.24, 2.45) is 5.92 Å². The van der Waals surface area contributed by atoms with Gasteiger partial charge in [0.15, 0.2) is 5.11 Å². The Bertz CT molecular complexity index is 1330. The summed E-state index contributed by atoms with van der Waals surface area (Å²) in [4.78, 5) is 65.7. The predicted molar refractivity (Wildman–Crippen MR) is 131 cm³/mol. The molecule has 172 valence electrons. The molecule has 2 fully saturated rings. The van der Waals surface area contributed by atoms with Crippen molar-refractivity contribution in [3.05, 3.63) is 69.2 Å². The lowest BCUT2D eigenvalue weighted by molar-refractivity contribution is -0.131. The van der Waals surface area contributed by atoms with Crippen LogP contribution in [0.1, 0.15) is 5.56 Å². The van der Waals surface area contributed by atoms with E-state index in [9.17, 15) is 24.0 Å². The molecule has 6 amide bonds. The van der Waals surface area contributed by atoms with E-state index in [1.807, 2.05) is 0 Å². The van der Waals surface area contributed by atoms with Crippen LogP contribution < -0.4 is 20.4 Å². The van der Waals surface area contributed by atoms with Gasteiger partial charge >= 0.3 is 6.03 Å². The molecular weight excluding hydrogens is 548 g/mol. The number of urea groups is 1. The van der Waals surface area contributed by atoms with E-state index in [0.29, 0.717) is 10.7 Å². The summed E-state index contributed by atoms with van der Waals surface area (Å²) in [6.07, 6.45) is 0.936. The van der Waals surface area contributed by atoms with Crippen LogP contribution in [0.3, 0.4) is 0 Å². The third-order valence-corrected chi connectivity index (χ3v) is 6.55. The van der Waals surface area contributed by atoms with Crippen molar-refractivity contribution < 1.29 is 24.0 Å². The topological polar surface area (TPSA) is 116 Å². The highest BCUT2D eigenvalue weighted by Crippen LogP contribution is 2.28. The number of carbonyl (C=O) groups is 5. The fraction of sp³-hybridized carbons (Fsp3) is 0.0909. The van der Waals surface area contributed by atoms with Gasteiger partial charge in [0, 0.05) is 9.50 Å². The molecule has 2 saturated heterocycles. The zero-order valence-corrected chi connectivity index (χ0v) is 20.5. The monoisotopic (exact) mass is 560 g/mol. The normalized spacial score (nSPS) is 20.1. The maximum Gasteiger partial charge on any atom is 0.335 e. The van der Waals surface area contributed by atoms with Crippen molar-refractivity contribution in [1.82, 2.24) is 10.6 Å².